The second-order valence-electron chi connectivity index (χ2n) is 5.17. The predicted molar refractivity (Wildman–Crippen MR) is 80.7 cm³/mol. The van der Waals surface area contributed by atoms with Gasteiger partial charge in [-0.25, -0.2) is 0 Å². The first-order valence-electron chi connectivity index (χ1n) is 6.63. The fourth-order valence-corrected chi connectivity index (χ4v) is 3.47. The molecule has 19 heavy (non-hydrogen) atoms. The maximum atomic E-state index is 11.8. The molecule has 1 fully saturated rings. The van der Waals surface area contributed by atoms with E-state index in [4.69, 9.17) is 0 Å². The van der Waals surface area contributed by atoms with E-state index in [0.29, 0.717) is 11.2 Å². The number of nitrogens with one attached hydrogen (secondary N) is 1. The summed E-state index contributed by atoms with van der Waals surface area (Å²) in [6.07, 6.45) is 1.55. The van der Waals surface area contributed by atoms with E-state index < -0.39 is 0 Å². The van der Waals surface area contributed by atoms with Gasteiger partial charge in [0.05, 0.1) is 0 Å². The zero-order valence-corrected chi connectivity index (χ0v) is 12.5. The van der Waals surface area contributed by atoms with Gasteiger partial charge in [0.25, 0.3) is 0 Å². The summed E-state index contributed by atoms with van der Waals surface area (Å²) in [6.45, 7) is 3.75. The van der Waals surface area contributed by atoms with E-state index in [1.807, 2.05) is 11.0 Å². The molecule has 1 unspecified atom stereocenters. The number of aromatic nitrogens is 1. The number of hydrogen-bond acceptors (Lipinski definition) is 1. The van der Waals surface area contributed by atoms with Crippen LogP contribution in [0.4, 0.5) is 0 Å². The van der Waals surface area contributed by atoms with Crippen molar-refractivity contribution in [2.45, 2.75) is 24.6 Å². The van der Waals surface area contributed by atoms with E-state index in [-0.39, 0.29) is 5.91 Å². The summed E-state index contributed by atoms with van der Waals surface area (Å²) in [6, 6.07) is 8.35. The van der Waals surface area contributed by atoms with Crippen molar-refractivity contribution >= 4 is 32.7 Å². The van der Waals surface area contributed by atoms with Gasteiger partial charge in [0.1, 0.15) is 0 Å². The molecule has 2 heterocycles. The van der Waals surface area contributed by atoms with Crippen molar-refractivity contribution in [2.24, 2.45) is 0 Å². The van der Waals surface area contributed by atoms with Crippen LogP contribution in [0.3, 0.4) is 0 Å². The number of likely N-dealkylation sites (tertiary alicyclic amines) is 1. The SMILES string of the molecule is Cc1[nH]c2ccccc2c1CCN1CC(Br)CC1=O. The molecule has 1 aromatic carbocycles. The first-order valence-corrected chi connectivity index (χ1v) is 7.55. The van der Waals surface area contributed by atoms with Crippen LogP contribution < -0.4 is 0 Å². The van der Waals surface area contributed by atoms with E-state index in [0.717, 1.165) is 19.5 Å². The van der Waals surface area contributed by atoms with Crippen molar-refractivity contribution in [3.63, 3.8) is 0 Å². The van der Waals surface area contributed by atoms with Gasteiger partial charge in [0, 0.05) is 40.9 Å². The van der Waals surface area contributed by atoms with Crippen LogP contribution in [0.2, 0.25) is 0 Å². The summed E-state index contributed by atoms with van der Waals surface area (Å²) in [7, 11) is 0. The summed E-state index contributed by atoms with van der Waals surface area (Å²) in [5.74, 6) is 0.263. The number of aromatic amines is 1. The van der Waals surface area contributed by atoms with Crippen molar-refractivity contribution in [3.8, 4) is 0 Å². The molecular formula is C15H17BrN2O. The first kappa shape index (κ1) is 12.7. The summed E-state index contributed by atoms with van der Waals surface area (Å²) in [5.41, 5.74) is 3.73. The lowest BCUT2D eigenvalue weighted by atomic mass is 10.1. The Morgan fingerprint density at radius 3 is 2.95 bits per heavy atom. The molecule has 1 aliphatic heterocycles. The Kier molecular flexibility index (Phi) is 3.35. The van der Waals surface area contributed by atoms with Crippen LogP contribution in [0.1, 0.15) is 17.7 Å². The second-order valence-corrected chi connectivity index (χ2v) is 6.46. The zero-order valence-electron chi connectivity index (χ0n) is 10.9. The molecule has 0 radical (unpaired) electrons. The quantitative estimate of drug-likeness (QED) is 0.867. The number of hydrogen-bond donors (Lipinski definition) is 1. The number of nitrogens with zero attached hydrogens (tertiary/aromatic N) is 1. The summed E-state index contributed by atoms with van der Waals surface area (Å²) >= 11 is 3.52. The van der Waals surface area contributed by atoms with Gasteiger partial charge in [-0.1, -0.05) is 34.1 Å². The number of para-hydroxylation sites is 1. The average Bonchev–Trinajstić information content (AvgIpc) is 2.86. The van der Waals surface area contributed by atoms with Gasteiger partial charge in [0.2, 0.25) is 5.91 Å². The largest absolute Gasteiger partial charge is 0.358 e. The first-order chi connectivity index (χ1) is 9.15. The van der Waals surface area contributed by atoms with Gasteiger partial charge >= 0.3 is 0 Å². The van der Waals surface area contributed by atoms with Crippen LogP contribution in [-0.2, 0) is 11.2 Å². The van der Waals surface area contributed by atoms with Crippen molar-refractivity contribution in [2.75, 3.05) is 13.1 Å². The lowest BCUT2D eigenvalue weighted by molar-refractivity contribution is -0.127. The summed E-state index contributed by atoms with van der Waals surface area (Å²) in [5, 5.41) is 1.28. The molecular weight excluding hydrogens is 304 g/mol. The highest BCUT2D eigenvalue weighted by molar-refractivity contribution is 9.09. The number of aryl methyl sites for hydroxylation is 1. The molecule has 2 aromatic rings. The number of amides is 1. The van der Waals surface area contributed by atoms with Gasteiger partial charge in [0.15, 0.2) is 0 Å². The molecule has 0 bridgehead atoms. The maximum Gasteiger partial charge on any atom is 0.223 e. The van der Waals surface area contributed by atoms with Gasteiger partial charge in [-0.2, -0.15) is 0 Å². The van der Waals surface area contributed by atoms with Gasteiger partial charge in [-0.3, -0.25) is 4.79 Å². The van der Waals surface area contributed by atoms with Crippen LogP contribution in [-0.4, -0.2) is 33.7 Å². The fourth-order valence-electron chi connectivity index (χ4n) is 2.84. The average molecular weight is 321 g/mol. The number of halogens is 1. The standard InChI is InChI=1S/C15H17BrN2O/c1-10-12(13-4-2-3-5-14(13)17-10)6-7-18-9-11(16)8-15(18)19/h2-5,11,17H,6-9H2,1H3. The molecule has 1 aromatic heterocycles. The summed E-state index contributed by atoms with van der Waals surface area (Å²) in [4.78, 5) is 17.5. The number of H-pyrrole nitrogens is 1. The normalized spacial score (nSPS) is 19.6. The molecule has 3 nitrogen and oxygen atoms in total. The maximum absolute atomic E-state index is 11.8. The highest BCUT2D eigenvalue weighted by Gasteiger charge is 2.27. The molecule has 0 saturated carbocycles. The van der Waals surface area contributed by atoms with Gasteiger partial charge < -0.3 is 9.88 Å². The number of alkyl halides is 1. The Balaban J connectivity index is 1.78. The highest BCUT2D eigenvalue weighted by Crippen LogP contribution is 2.24. The number of carbonyl (C=O) groups is 1. The minimum atomic E-state index is 0.263. The monoisotopic (exact) mass is 320 g/mol. The topological polar surface area (TPSA) is 36.1 Å². The molecule has 0 aliphatic carbocycles. The molecule has 1 N–H and O–H groups in total. The van der Waals surface area contributed by atoms with Crippen LogP contribution in [0, 0.1) is 6.92 Å². The van der Waals surface area contributed by atoms with E-state index in [9.17, 15) is 4.79 Å². The lowest BCUT2D eigenvalue weighted by Gasteiger charge is -2.15. The molecule has 100 valence electrons. The van der Waals surface area contributed by atoms with Crippen molar-refractivity contribution in [1.82, 2.24) is 9.88 Å². The fraction of sp³-hybridized carbons (Fsp3) is 0.400. The van der Waals surface area contributed by atoms with E-state index in [1.165, 1.54) is 22.2 Å². The lowest BCUT2D eigenvalue weighted by Crippen LogP contribution is -2.27. The van der Waals surface area contributed by atoms with E-state index in [1.54, 1.807) is 0 Å². The number of carbonyl (C=O) groups excluding carboxylic acids is 1. The Morgan fingerprint density at radius 1 is 1.42 bits per heavy atom. The van der Waals surface area contributed by atoms with Crippen molar-refractivity contribution in [1.29, 1.82) is 0 Å². The van der Waals surface area contributed by atoms with E-state index in [2.05, 4.69) is 46.0 Å². The zero-order chi connectivity index (χ0) is 13.4. The Labute approximate surface area is 121 Å². The number of rotatable bonds is 3. The molecule has 1 saturated heterocycles. The molecule has 4 heteroatoms. The van der Waals surface area contributed by atoms with Crippen LogP contribution >= 0.6 is 15.9 Å². The van der Waals surface area contributed by atoms with Crippen molar-refractivity contribution in [3.05, 3.63) is 35.5 Å². The Hall–Kier alpha value is -1.29. The molecule has 1 aliphatic rings. The smallest absolute Gasteiger partial charge is 0.223 e. The van der Waals surface area contributed by atoms with Crippen LogP contribution in [0.5, 0.6) is 0 Å². The third-order valence-corrected chi connectivity index (χ3v) is 4.44. The molecule has 1 atom stereocenters. The second kappa shape index (κ2) is 5.00. The molecule has 1 amide bonds. The minimum Gasteiger partial charge on any atom is -0.358 e. The molecule has 0 spiro atoms. The predicted octanol–water partition coefficient (Wildman–Crippen LogP) is 3.01. The molecule has 3 rings (SSSR count). The third-order valence-electron chi connectivity index (χ3n) is 3.83. The van der Waals surface area contributed by atoms with Crippen LogP contribution in [0.15, 0.2) is 24.3 Å². The summed E-state index contributed by atoms with van der Waals surface area (Å²) < 4.78 is 0. The minimum absolute atomic E-state index is 0.263. The Bertz CT molecular complexity index is 620. The van der Waals surface area contributed by atoms with Gasteiger partial charge in [-0.15, -0.1) is 0 Å². The Morgan fingerprint density at radius 2 is 2.21 bits per heavy atom. The highest BCUT2D eigenvalue weighted by atomic mass is 79.9. The van der Waals surface area contributed by atoms with Gasteiger partial charge in [-0.05, 0) is 25.0 Å². The van der Waals surface area contributed by atoms with E-state index >= 15 is 0 Å². The number of benzene rings is 1. The van der Waals surface area contributed by atoms with Crippen LogP contribution in [0.25, 0.3) is 10.9 Å². The van der Waals surface area contributed by atoms with Crippen molar-refractivity contribution < 1.29 is 4.79 Å². The third kappa shape index (κ3) is 2.41. The number of fused-ring (bicyclic) bond motifs is 1.